The Morgan fingerprint density at radius 1 is 1.33 bits per heavy atom. The summed E-state index contributed by atoms with van der Waals surface area (Å²) < 4.78 is 20.0. The van der Waals surface area contributed by atoms with E-state index in [1.165, 1.54) is 12.1 Å². The Labute approximate surface area is 116 Å². The summed E-state index contributed by atoms with van der Waals surface area (Å²) in [5.41, 5.74) is 0.656. The number of ether oxygens (including phenoxy) is 1. The maximum absolute atomic E-state index is 13.2. The third-order valence-corrected chi connectivity index (χ3v) is 4.67. The lowest BCUT2D eigenvalue weighted by molar-refractivity contribution is 0.0671. The molecule has 0 fully saturated rings. The van der Waals surface area contributed by atoms with Gasteiger partial charge in [0.15, 0.2) is 0 Å². The summed E-state index contributed by atoms with van der Waals surface area (Å²) in [4.78, 5) is 1.02. The fraction of sp³-hybridized carbons (Fsp3) is 0.231. The number of hydrogen-bond donors (Lipinski definition) is 1. The minimum atomic E-state index is -0.611. The standard InChI is InChI=1S/C13H10BrFO2S/c14-13-4-3-12(18-13)11-6-9(16)8-2-1-7(15)5-10(8)17-11/h1-5,9,11,16H,6H2. The lowest BCUT2D eigenvalue weighted by Crippen LogP contribution is -2.18. The van der Waals surface area contributed by atoms with Crippen LogP contribution in [0.3, 0.4) is 0 Å². The Kier molecular flexibility index (Phi) is 3.13. The molecule has 1 aromatic heterocycles. The van der Waals surface area contributed by atoms with Gasteiger partial charge in [-0.2, -0.15) is 0 Å². The van der Waals surface area contributed by atoms with Crippen LogP contribution in [0.25, 0.3) is 0 Å². The van der Waals surface area contributed by atoms with Crippen molar-refractivity contribution in [2.45, 2.75) is 18.6 Å². The van der Waals surface area contributed by atoms with E-state index in [9.17, 15) is 9.50 Å². The number of halogens is 2. The second kappa shape index (κ2) is 4.64. The van der Waals surface area contributed by atoms with Gasteiger partial charge in [0.25, 0.3) is 0 Å². The molecule has 1 N–H and O–H groups in total. The molecule has 2 aromatic rings. The first-order valence-electron chi connectivity index (χ1n) is 5.53. The number of fused-ring (bicyclic) bond motifs is 1. The van der Waals surface area contributed by atoms with Crippen molar-refractivity contribution in [3.63, 3.8) is 0 Å². The third kappa shape index (κ3) is 2.18. The molecule has 18 heavy (non-hydrogen) atoms. The van der Waals surface area contributed by atoms with Crippen molar-refractivity contribution in [1.29, 1.82) is 0 Å². The van der Waals surface area contributed by atoms with Crippen LogP contribution in [0, 0.1) is 5.82 Å². The molecule has 0 aliphatic carbocycles. The van der Waals surface area contributed by atoms with Gasteiger partial charge in [0.2, 0.25) is 0 Å². The van der Waals surface area contributed by atoms with E-state index < -0.39 is 6.10 Å². The number of aliphatic hydroxyl groups excluding tert-OH is 1. The predicted molar refractivity (Wildman–Crippen MR) is 71.4 cm³/mol. The maximum atomic E-state index is 13.2. The van der Waals surface area contributed by atoms with E-state index in [1.807, 2.05) is 12.1 Å². The van der Waals surface area contributed by atoms with Crippen LogP contribution in [0.5, 0.6) is 5.75 Å². The molecule has 2 unspecified atom stereocenters. The van der Waals surface area contributed by atoms with E-state index in [0.717, 1.165) is 8.66 Å². The molecule has 0 saturated carbocycles. The van der Waals surface area contributed by atoms with E-state index in [1.54, 1.807) is 17.4 Å². The molecule has 1 aliphatic heterocycles. The van der Waals surface area contributed by atoms with Crippen LogP contribution >= 0.6 is 27.3 Å². The van der Waals surface area contributed by atoms with Crippen LogP contribution in [0.2, 0.25) is 0 Å². The number of benzene rings is 1. The molecule has 0 amide bonds. The normalized spacial score (nSPS) is 22.4. The van der Waals surface area contributed by atoms with E-state index in [4.69, 9.17) is 4.74 Å². The summed E-state index contributed by atoms with van der Waals surface area (Å²) >= 11 is 4.96. The Balaban J connectivity index is 1.95. The molecule has 3 rings (SSSR count). The Morgan fingerprint density at radius 3 is 2.89 bits per heavy atom. The van der Waals surface area contributed by atoms with Gasteiger partial charge in [-0.25, -0.2) is 4.39 Å². The molecule has 0 bridgehead atoms. The maximum Gasteiger partial charge on any atom is 0.136 e. The summed E-state index contributed by atoms with van der Waals surface area (Å²) in [7, 11) is 0. The molecule has 0 spiro atoms. The second-order valence-corrected chi connectivity index (χ2v) is 6.68. The molecular formula is C13H10BrFO2S. The zero-order chi connectivity index (χ0) is 12.7. The minimum absolute atomic E-state index is 0.217. The minimum Gasteiger partial charge on any atom is -0.484 e. The highest BCUT2D eigenvalue weighted by molar-refractivity contribution is 9.11. The predicted octanol–water partition coefficient (Wildman–Crippen LogP) is 4.21. The number of thiophene rings is 1. The monoisotopic (exact) mass is 328 g/mol. The van der Waals surface area contributed by atoms with E-state index >= 15 is 0 Å². The highest BCUT2D eigenvalue weighted by Crippen LogP contribution is 2.43. The number of hydrogen-bond acceptors (Lipinski definition) is 3. The second-order valence-electron chi connectivity index (χ2n) is 4.18. The van der Waals surface area contributed by atoms with Crippen molar-refractivity contribution in [2.75, 3.05) is 0 Å². The Bertz CT molecular complexity index is 584. The van der Waals surface area contributed by atoms with Crippen LogP contribution in [0.1, 0.15) is 29.1 Å². The summed E-state index contributed by atoms with van der Waals surface area (Å²) in [5, 5.41) is 10.1. The molecule has 2 heterocycles. The van der Waals surface area contributed by atoms with Crippen molar-refractivity contribution in [3.05, 3.63) is 50.4 Å². The van der Waals surface area contributed by atoms with Crippen LogP contribution in [-0.2, 0) is 0 Å². The Morgan fingerprint density at radius 2 is 2.17 bits per heavy atom. The zero-order valence-corrected chi connectivity index (χ0v) is 11.7. The zero-order valence-electron chi connectivity index (χ0n) is 9.27. The van der Waals surface area contributed by atoms with Crippen molar-refractivity contribution >= 4 is 27.3 Å². The highest BCUT2D eigenvalue weighted by Gasteiger charge is 2.29. The van der Waals surface area contributed by atoms with Gasteiger partial charge in [-0.05, 0) is 40.2 Å². The van der Waals surface area contributed by atoms with Crippen LogP contribution in [0.4, 0.5) is 4.39 Å². The van der Waals surface area contributed by atoms with Crippen molar-refractivity contribution in [2.24, 2.45) is 0 Å². The van der Waals surface area contributed by atoms with Crippen molar-refractivity contribution in [1.82, 2.24) is 0 Å². The summed E-state index contributed by atoms with van der Waals surface area (Å²) in [6, 6.07) is 8.14. The van der Waals surface area contributed by atoms with Gasteiger partial charge in [-0.3, -0.25) is 0 Å². The Hall–Kier alpha value is -0.910. The van der Waals surface area contributed by atoms with Gasteiger partial charge in [-0.15, -0.1) is 11.3 Å². The smallest absolute Gasteiger partial charge is 0.136 e. The molecule has 1 aliphatic rings. The molecule has 2 nitrogen and oxygen atoms in total. The van der Waals surface area contributed by atoms with Crippen LogP contribution < -0.4 is 4.74 Å². The SMILES string of the molecule is OC1CC(c2ccc(Br)s2)Oc2cc(F)ccc21. The van der Waals surface area contributed by atoms with Gasteiger partial charge < -0.3 is 9.84 Å². The summed E-state index contributed by atoms with van der Waals surface area (Å²) in [5.74, 6) is 0.0808. The summed E-state index contributed by atoms with van der Waals surface area (Å²) in [6.07, 6.45) is -0.336. The van der Waals surface area contributed by atoms with Gasteiger partial charge in [0, 0.05) is 22.9 Å². The first-order valence-corrected chi connectivity index (χ1v) is 7.14. The molecule has 0 radical (unpaired) electrons. The van der Waals surface area contributed by atoms with Crippen LogP contribution in [-0.4, -0.2) is 5.11 Å². The van der Waals surface area contributed by atoms with Crippen LogP contribution in [0.15, 0.2) is 34.1 Å². The van der Waals surface area contributed by atoms with Crippen molar-refractivity contribution in [3.8, 4) is 5.75 Å². The molecule has 5 heteroatoms. The van der Waals surface area contributed by atoms with Crippen molar-refractivity contribution < 1.29 is 14.2 Å². The van der Waals surface area contributed by atoms with E-state index in [2.05, 4.69) is 15.9 Å². The first-order chi connectivity index (χ1) is 8.63. The molecule has 94 valence electrons. The molecule has 0 saturated heterocycles. The number of aliphatic hydroxyl groups is 1. The summed E-state index contributed by atoms with van der Waals surface area (Å²) in [6.45, 7) is 0. The lowest BCUT2D eigenvalue weighted by Gasteiger charge is -2.29. The average molecular weight is 329 g/mol. The number of rotatable bonds is 1. The highest BCUT2D eigenvalue weighted by atomic mass is 79.9. The van der Waals surface area contributed by atoms with Gasteiger partial charge in [-0.1, -0.05) is 0 Å². The first kappa shape index (κ1) is 12.1. The fourth-order valence-electron chi connectivity index (χ4n) is 2.09. The molecule has 2 atom stereocenters. The third-order valence-electron chi connectivity index (χ3n) is 2.95. The average Bonchev–Trinajstić information content (AvgIpc) is 2.75. The lowest BCUT2D eigenvalue weighted by atomic mass is 9.98. The molecular weight excluding hydrogens is 319 g/mol. The van der Waals surface area contributed by atoms with Gasteiger partial charge >= 0.3 is 0 Å². The van der Waals surface area contributed by atoms with Gasteiger partial charge in [0.1, 0.15) is 17.7 Å². The van der Waals surface area contributed by atoms with E-state index in [0.29, 0.717) is 17.7 Å². The van der Waals surface area contributed by atoms with E-state index in [-0.39, 0.29) is 11.9 Å². The quantitative estimate of drug-likeness (QED) is 0.849. The van der Waals surface area contributed by atoms with Gasteiger partial charge in [0.05, 0.1) is 9.89 Å². The molecule has 1 aromatic carbocycles. The topological polar surface area (TPSA) is 29.5 Å². The fourth-order valence-corrected chi connectivity index (χ4v) is 3.56. The largest absolute Gasteiger partial charge is 0.484 e.